The lowest BCUT2D eigenvalue weighted by atomic mass is 11.2. The molecule has 0 atom stereocenters. The molecule has 3 N–H and O–H groups in total. The molecule has 40 valence electrons. The van der Waals surface area contributed by atoms with E-state index in [1.807, 2.05) is 0 Å². The Balaban J connectivity index is 2.82. The normalized spacial score (nSPS) is 8.71. The smallest absolute Gasteiger partial charge is 0.101 e. The van der Waals surface area contributed by atoms with Gasteiger partial charge in [-0.1, -0.05) is 0 Å². The topological polar surface area (TPSA) is 60.3 Å². The maximum Gasteiger partial charge on any atom is 0.101 e. The summed E-state index contributed by atoms with van der Waals surface area (Å²) in [6.07, 6.45) is 2.48. The largest absolute Gasteiger partial charge is 0.290 e. The molecular formula is C3H8N4. The van der Waals surface area contributed by atoms with Crippen molar-refractivity contribution in [1.82, 2.24) is 10.9 Å². The number of nitrogens with zero attached hydrogens (tertiary/aromatic N) is 1. The molecule has 0 aromatic carbocycles. The third-order valence-electron chi connectivity index (χ3n) is 0.349. The van der Waals surface area contributed by atoms with Gasteiger partial charge in [0.05, 0.1) is 6.34 Å². The average Bonchev–Trinajstić information content (AvgIpc) is 1.69. The molecule has 7 heavy (non-hydrogen) atoms. The molecule has 4 heteroatoms. The zero-order chi connectivity index (χ0) is 5.54. The van der Waals surface area contributed by atoms with Crippen molar-refractivity contribution in [3.05, 3.63) is 0 Å². The van der Waals surface area contributed by atoms with E-state index in [0.29, 0.717) is 0 Å². The number of hydrogen-bond acceptors (Lipinski definition) is 2. The minimum Gasteiger partial charge on any atom is -0.290 e. The number of hydrazine groups is 1. The first kappa shape index (κ1) is 5.94. The van der Waals surface area contributed by atoms with E-state index in [-0.39, 0.29) is 0 Å². The highest BCUT2D eigenvalue weighted by Gasteiger charge is 1.59. The van der Waals surface area contributed by atoms with Gasteiger partial charge < -0.3 is 0 Å². The third-order valence-corrected chi connectivity index (χ3v) is 0.349. The van der Waals surface area contributed by atoms with E-state index in [1.165, 1.54) is 6.34 Å². The van der Waals surface area contributed by atoms with Crippen molar-refractivity contribution in [2.45, 2.75) is 0 Å². The highest BCUT2D eigenvalue weighted by atomic mass is 15.4. The summed E-state index contributed by atoms with van der Waals surface area (Å²) in [5, 5.41) is 6.42. The molecule has 0 amide bonds. The van der Waals surface area contributed by atoms with Crippen molar-refractivity contribution in [1.29, 1.82) is 5.41 Å². The lowest BCUT2D eigenvalue weighted by molar-refractivity contribution is 0.894. The molecule has 0 unspecified atom stereocenters. The summed E-state index contributed by atoms with van der Waals surface area (Å²) in [6, 6.07) is 0. The second-order valence-electron chi connectivity index (χ2n) is 0.820. The highest BCUT2D eigenvalue weighted by molar-refractivity contribution is 5.58. The fraction of sp³-hybridized carbons (Fsp3) is 0.333. The van der Waals surface area contributed by atoms with Gasteiger partial charge in [-0.3, -0.25) is 21.3 Å². The summed E-state index contributed by atoms with van der Waals surface area (Å²) in [5.41, 5.74) is 4.89. The van der Waals surface area contributed by atoms with Crippen LogP contribution < -0.4 is 10.9 Å². The Kier molecular flexibility index (Phi) is 4.19. The predicted molar refractivity (Wildman–Crippen MR) is 29.5 cm³/mol. The van der Waals surface area contributed by atoms with Crippen LogP contribution in [0.2, 0.25) is 0 Å². The molecule has 0 heterocycles. The van der Waals surface area contributed by atoms with Gasteiger partial charge in [0.2, 0.25) is 0 Å². The van der Waals surface area contributed by atoms with Gasteiger partial charge in [-0.2, -0.15) is 0 Å². The minimum absolute atomic E-state index is 1.03. The Morgan fingerprint density at radius 2 is 2.29 bits per heavy atom. The van der Waals surface area contributed by atoms with Crippen LogP contribution in [0.3, 0.4) is 0 Å². The van der Waals surface area contributed by atoms with E-state index in [9.17, 15) is 0 Å². The van der Waals surface area contributed by atoms with Crippen molar-refractivity contribution < 1.29 is 0 Å². The van der Waals surface area contributed by atoms with Crippen LogP contribution in [0.4, 0.5) is 0 Å². The molecule has 0 saturated carbocycles. The molecule has 0 fully saturated rings. The van der Waals surface area contributed by atoms with Crippen LogP contribution in [-0.4, -0.2) is 19.7 Å². The quantitative estimate of drug-likeness (QED) is 0.191. The van der Waals surface area contributed by atoms with E-state index >= 15 is 0 Å². The molecule has 0 aliphatic carbocycles. The van der Waals surface area contributed by atoms with Crippen molar-refractivity contribution in [3.63, 3.8) is 0 Å². The van der Waals surface area contributed by atoms with Crippen LogP contribution in [0, 0.1) is 5.41 Å². The molecule has 0 aromatic rings. The molecule has 0 aliphatic heterocycles. The number of rotatable bonds is 3. The Morgan fingerprint density at radius 1 is 1.57 bits per heavy atom. The Bertz CT molecular complexity index is 67.3. The van der Waals surface area contributed by atoms with Gasteiger partial charge in [0, 0.05) is 7.05 Å². The highest BCUT2D eigenvalue weighted by Crippen LogP contribution is 1.38. The van der Waals surface area contributed by atoms with E-state index in [0.717, 1.165) is 6.34 Å². The summed E-state index contributed by atoms with van der Waals surface area (Å²) in [7, 11) is 1.64. The van der Waals surface area contributed by atoms with Gasteiger partial charge in [-0.05, 0) is 0 Å². The fourth-order valence-electron chi connectivity index (χ4n) is 0.143. The number of hydrogen-bond donors (Lipinski definition) is 3. The van der Waals surface area contributed by atoms with Crippen LogP contribution >= 0.6 is 0 Å². The Morgan fingerprint density at radius 3 is 2.71 bits per heavy atom. The maximum absolute atomic E-state index is 6.42. The van der Waals surface area contributed by atoms with E-state index in [4.69, 9.17) is 5.41 Å². The number of aliphatic imine (C=N–C) groups is 1. The van der Waals surface area contributed by atoms with Crippen LogP contribution in [-0.2, 0) is 0 Å². The Labute approximate surface area is 42.1 Å². The van der Waals surface area contributed by atoms with E-state index < -0.39 is 0 Å². The van der Waals surface area contributed by atoms with Gasteiger partial charge in [0.15, 0.2) is 0 Å². The third kappa shape index (κ3) is 4.94. The van der Waals surface area contributed by atoms with Crippen molar-refractivity contribution >= 4 is 12.7 Å². The monoisotopic (exact) mass is 100 g/mol. The van der Waals surface area contributed by atoms with Crippen LogP contribution in [0.5, 0.6) is 0 Å². The molecule has 0 rings (SSSR count). The molecule has 0 radical (unpaired) electrons. The number of nitrogens with one attached hydrogen (secondary N) is 3. The van der Waals surface area contributed by atoms with E-state index in [2.05, 4.69) is 15.8 Å². The summed E-state index contributed by atoms with van der Waals surface area (Å²) in [5.74, 6) is 0. The molecule has 0 aromatic heterocycles. The molecule has 4 nitrogen and oxygen atoms in total. The molecule has 0 bridgehead atoms. The first-order valence-electron chi connectivity index (χ1n) is 1.82. The van der Waals surface area contributed by atoms with Gasteiger partial charge >= 0.3 is 0 Å². The molecule has 0 aliphatic rings. The second kappa shape index (κ2) is 4.94. The standard InChI is InChI=1S/C3H8N4/c1-5-3-7-6-2-4/h2-3H,1H3,(H2,4,6)(H,5,7). The zero-order valence-electron chi connectivity index (χ0n) is 4.10. The zero-order valence-corrected chi connectivity index (χ0v) is 4.10. The van der Waals surface area contributed by atoms with Crippen molar-refractivity contribution in [2.75, 3.05) is 7.05 Å². The van der Waals surface area contributed by atoms with Gasteiger partial charge in [-0.25, -0.2) is 0 Å². The average molecular weight is 100 g/mol. The summed E-state index contributed by atoms with van der Waals surface area (Å²) in [4.78, 5) is 3.57. The van der Waals surface area contributed by atoms with Gasteiger partial charge in [0.25, 0.3) is 0 Å². The van der Waals surface area contributed by atoms with Gasteiger partial charge in [-0.15, -0.1) is 0 Å². The summed E-state index contributed by atoms with van der Waals surface area (Å²) < 4.78 is 0. The fourth-order valence-corrected chi connectivity index (χ4v) is 0.143. The molecular weight excluding hydrogens is 92.1 g/mol. The second-order valence-corrected chi connectivity index (χ2v) is 0.820. The molecule has 0 saturated heterocycles. The van der Waals surface area contributed by atoms with Gasteiger partial charge in [0.1, 0.15) is 6.34 Å². The predicted octanol–water partition coefficient (Wildman–Crippen LogP) is -0.654. The first-order valence-corrected chi connectivity index (χ1v) is 1.82. The lowest BCUT2D eigenvalue weighted by Crippen LogP contribution is -2.28. The first-order chi connectivity index (χ1) is 3.41. The Hall–Kier alpha value is -1.06. The van der Waals surface area contributed by atoms with Crippen LogP contribution in [0.25, 0.3) is 0 Å². The molecule has 0 spiro atoms. The minimum atomic E-state index is 1.03. The SMILES string of the molecule is CN=CNNC=N. The van der Waals surface area contributed by atoms with Crippen molar-refractivity contribution in [3.8, 4) is 0 Å². The maximum atomic E-state index is 6.42. The summed E-state index contributed by atoms with van der Waals surface area (Å²) in [6.45, 7) is 0. The summed E-state index contributed by atoms with van der Waals surface area (Å²) >= 11 is 0. The van der Waals surface area contributed by atoms with Crippen LogP contribution in [0.1, 0.15) is 0 Å². The van der Waals surface area contributed by atoms with Crippen LogP contribution in [0.15, 0.2) is 4.99 Å². The lowest BCUT2D eigenvalue weighted by Gasteiger charge is -1.91. The van der Waals surface area contributed by atoms with E-state index in [1.54, 1.807) is 7.05 Å². The van der Waals surface area contributed by atoms with Crippen molar-refractivity contribution in [2.24, 2.45) is 4.99 Å².